The maximum Gasteiger partial charge on any atom is 0.130 e. The van der Waals surface area contributed by atoms with Crippen molar-refractivity contribution >= 4 is 11.1 Å². The summed E-state index contributed by atoms with van der Waals surface area (Å²) in [5.41, 5.74) is 7.02. The predicted molar refractivity (Wildman–Crippen MR) is 110 cm³/mol. The molecule has 132 valence electrons. The average Bonchev–Trinajstić information content (AvgIpc) is 2.58. The monoisotopic (exact) mass is 334 g/mol. The van der Waals surface area contributed by atoms with E-state index in [1.807, 2.05) is 13.8 Å². The van der Waals surface area contributed by atoms with Crippen molar-refractivity contribution in [3.63, 3.8) is 0 Å². The van der Waals surface area contributed by atoms with Gasteiger partial charge in [-0.2, -0.15) is 0 Å². The Hall–Kier alpha value is -2.28. The van der Waals surface area contributed by atoms with Gasteiger partial charge in [-0.25, -0.2) is 0 Å². The second-order valence-corrected chi connectivity index (χ2v) is 6.81. The van der Waals surface area contributed by atoms with E-state index in [-0.39, 0.29) is 0 Å². The molecule has 0 fully saturated rings. The molecule has 0 aromatic heterocycles. The molecule has 0 aliphatic heterocycles. The van der Waals surface area contributed by atoms with Crippen molar-refractivity contribution in [2.24, 2.45) is 0 Å². The van der Waals surface area contributed by atoms with Crippen molar-refractivity contribution in [2.75, 3.05) is 0 Å². The molecule has 0 saturated carbocycles. The lowest BCUT2D eigenvalue weighted by Crippen LogP contribution is -1.97. The Bertz CT molecular complexity index is 702. The summed E-state index contributed by atoms with van der Waals surface area (Å²) < 4.78 is 6.36. The zero-order valence-electron chi connectivity index (χ0n) is 16.1. The Labute approximate surface area is 153 Å². The van der Waals surface area contributed by atoms with Crippen LogP contribution in [-0.4, -0.2) is 0 Å². The van der Waals surface area contributed by atoms with Crippen molar-refractivity contribution in [1.82, 2.24) is 0 Å². The van der Waals surface area contributed by atoms with Crippen LogP contribution in [0.2, 0.25) is 0 Å². The van der Waals surface area contributed by atoms with Gasteiger partial charge in [0.1, 0.15) is 11.5 Å². The third kappa shape index (κ3) is 4.85. The molecule has 2 aromatic rings. The van der Waals surface area contributed by atoms with E-state index in [0.29, 0.717) is 0 Å². The largest absolute Gasteiger partial charge is 0.457 e. The van der Waals surface area contributed by atoms with Crippen LogP contribution in [0.25, 0.3) is 11.1 Å². The van der Waals surface area contributed by atoms with Crippen LogP contribution in [0.15, 0.2) is 49.6 Å². The zero-order chi connectivity index (χ0) is 18.4. The first-order valence-corrected chi connectivity index (χ1v) is 9.21. The van der Waals surface area contributed by atoms with Crippen LogP contribution in [0, 0.1) is 0 Å². The SMILES string of the molecule is C=C(C)c1ccc(Oc2ccc(C(=C)C)cc2CCC)c(CCC)c1. The highest BCUT2D eigenvalue weighted by Crippen LogP contribution is 2.33. The molecule has 0 unspecified atom stereocenters. The molecular weight excluding hydrogens is 304 g/mol. The molecule has 0 saturated heterocycles. The van der Waals surface area contributed by atoms with Crippen LogP contribution in [-0.2, 0) is 12.8 Å². The molecule has 25 heavy (non-hydrogen) atoms. The van der Waals surface area contributed by atoms with Crippen molar-refractivity contribution in [1.29, 1.82) is 0 Å². The number of rotatable bonds is 8. The fraction of sp³-hybridized carbons (Fsp3) is 0.333. The van der Waals surface area contributed by atoms with Gasteiger partial charge in [-0.1, -0.05) is 63.1 Å². The van der Waals surface area contributed by atoms with Gasteiger partial charge in [0.2, 0.25) is 0 Å². The van der Waals surface area contributed by atoms with E-state index < -0.39 is 0 Å². The van der Waals surface area contributed by atoms with Gasteiger partial charge in [-0.05, 0) is 73.2 Å². The van der Waals surface area contributed by atoms with E-state index in [4.69, 9.17) is 4.74 Å². The molecule has 1 nitrogen and oxygen atoms in total. The van der Waals surface area contributed by atoms with Crippen LogP contribution in [0.1, 0.15) is 62.8 Å². The van der Waals surface area contributed by atoms with Crippen molar-refractivity contribution in [3.05, 3.63) is 71.8 Å². The molecule has 0 N–H and O–H groups in total. The lowest BCUT2D eigenvalue weighted by molar-refractivity contribution is 0.469. The highest BCUT2D eigenvalue weighted by Gasteiger charge is 2.11. The van der Waals surface area contributed by atoms with Gasteiger partial charge in [0, 0.05) is 0 Å². The molecule has 0 heterocycles. The van der Waals surface area contributed by atoms with Crippen molar-refractivity contribution in [2.45, 2.75) is 53.4 Å². The van der Waals surface area contributed by atoms with Crippen LogP contribution in [0.3, 0.4) is 0 Å². The fourth-order valence-electron chi connectivity index (χ4n) is 2.94. The summed E-state index contributed by atoms with van der Waals surface area (Å²) in [7, 11) is 0. The highest BCUT2D eigenvalue weighted by atomic mass is 16.5. The normalized spacial score (nSPS) is 10.6. The number of benzene rings is 2. The second-order valence-electron chi connectivity index (χ2n) is 6.81. The Morgan fingerprint density at radius 2 is 1.16 bits per heavy atom. The predicted octanol–water partition coefficient (Wildman–Crippen LogP) is 7.45. The minimum absolute atomic E-state index is 0.951. The number of hydrogen-bond donors (Lipinski definition) is 0. The molecule has 0 aliphatic carbocycles. The first-order chi connectivity index (χ1) is 12.0. The van der Waals surface area contributed by atoms with Crippen molar-refractivity contribution < 1.29 is 4.74 Å². The molecule has 0 aliphatic rings. The Balaban J connectivity index is 2.41. The van der Waals surface area contributed by atoms with Gasteiger partial charge < -0.3 is 4.74 Å². The maximum absolute atomic E-state index is 6.36. The summed E-state index contributed by atoms with van der Waals surface area (Å²) in [6, 6.07) is 12.8. The van der Waals surface area contributed by atoms with E-state index in [2.05, 4.69) is 63.4 Å². The molecule has 1 heteroatoms. The Morgan fingerprint density at radius 3 is 1.48 bits per heavy atom. The molecule has 2 rings (SSSR count). The zero-order valence-corrected chi connectivity index (χ0v) is 16.1. The fourth-order valence-corrected chi connectivity index (χ4v) is 2.94. The van der Waals surface area contributed by atoms with E-state index in [1.54, 1.807) is 0 Å². The van der Waals surface area contributed by atoms with Gasteiger partial charge in [-0.3, -0.25) is 0 Å². The number of ether oxygens (including phenoxy) is 1. The van der Waals surface area contributed by atoms with Crippen LogP contribution < -0.4 is 4.74 Å². The lowest BCUT2D eigenvalue weighted by atomic mass is 10.0. The van der Waals surface area contributed by atoms with Gasteiger partial charge in [-0.15, -0.1) is 0 Å². The van der Waals surface area contributed by atoms with E-state index in [1.165, 1.54) is 22.3 Å². The van der Waals surface area contributed by atoms with Crippen molar-refractivity contribution in [3.8, 4) is 11.5 Å². The van der Waals surface area contributed by atoms with E-state index in [9.17, 15) is 0 Å². The van der Waals surface area contributed by atoms with E-state index in [0.717, 1.165) is 48.3 Å². The molecule has 0 atom stereocenters. The average molecular weight is 335 g/mol. The number of aryl methyl sites for hydroxylation is 2. The first kappa shape index (κ1) is 19.1. The minimum Gasteiger partial charge on any atom is -0.457 e. The quantitative estimate of drug-likeness (QED) is 0.487. The summed E-state index contributed by atoms with van der Waals surface area (Å²) in [5.74, 6) is 1.90. The molecule has 0 spiro atoms. The number of allylic oxidation sites excluding steroid dienone is 2. The summed E-state index contributed by atoms with van der Waals surface area (Å²) in [6.45, 7) is 16.6. The standard InChI is InChI=1S/C24H30O/c1-7-9-21-15-19(17(3)4)11-13-23(21)25-24-14-12-20(18(5)6)16-22(24)10-8-2/h11-16H,3,5,7-10H2,1-2,4,6H3. The van der Waals surface area contributed by atoms with Gasteiger partial charge in [0.25, 0.3) is 0 Å². The third-order valence-corrected chi connectivity index (χ3v) is 4.37. The lowest BCUT2D eigenvalue weighted by Gasteiger charge is -2.16. The molecule has 0 radical (unpaired) electrons. The Kier molecular flexibility index (Phi) is 6.64. The van der Waals surface area contributed by atoms with Crippen LogP contribution in [0.4, 0.5) is 0 Å². The minimum atomic E-state index is 0.951. The first-order valence-electron chi connectivity index (χ1n) is 9.21. The number of hydrogen-bond acceptors (Lipinski definition) is 1. The Morgan fingerprint density at radius 1 is 0.760 bits per heavy atom. The smallest absolute Gasteiger partial charge is 0.130 e. The topological polar surface area (TPSA) is 9.23 Å². The van der Waals surface area contributed by atoms with E-state index >= 15 is 0 Å². The van der Waals surface area contributed by atoms with Crippen LogP contribution >= 0.6 is 0 Å². The van der Waals surface area contributed by atoms with Gasteiger partial charge >= 0.3 is 0 Å². The highest BCUT2D eigenvalue weighted by molar-refractivity contribution is 5.65. The molecule has 0 amide bonds. The molecular formula is C24H30O. The maximum atomic E-state index is 6.36. The summed E-state index contributed by atoms with van der Waals surface area (Å²) in [4.78, 5) is 0. The summed E-state index contributed by atoms with van der Waals surface area (Å²) in [6.07, 6.45) is 4.19. The second kappa shape index (κ2) is 8.71. The summed E-state index contributed by atoms with van der Waals surface area (Å²) in [5, 5.41) is 0. The van der Waals surface area contributed by atoms with Gasteiger partial charge in [0.05, 0.1) is 0 Å². The molecule has 2 aromatic carbocycles. The van der Waals surface area contributed by atoms with Gasteiger partial charge in [0.15, 0.2) is 0 Å². The van der Waals surface area contributed by atoms with Crippen LogP contribution in [0.5, 0.6) is 11.5 Å². The summed E-state index contributed by atoms with van der Waals surface area (Å²) >= 11 is 0. The molecule has 0 bridgehead atoms. The third-order valence-electron chi connectivity index (χ3n) is 4.37.